The SMILES string of the molecule is c1ccc(-c2cccc(N(c3ccc(-c4cc(-c5cccc6c5sc5ccccc56)cc(-c5cccc6c5sc5ccccc56)c4)cc3)c3cccc(-c4ccccc4)c3)c2)cc1. The van der Waals surface area contributed by atoms with Gasteiger partial charge in [0.25, 0.3) is 0 Å². The molecule has 0 aliphatic rings. The van der Waals surface area contributed by atoms with Gasteiger partial charge in [-0.05, 0) is 122 Å². The van der Waals surface area contributed by atoms with Gasteiger partial charge in [0.1, 0.15) is 0 Å². The first-order valence-corrected chi connectivity index (χ1v) is 23.0. The minimum absolute atomic E-state index is 1.09. The fourth-order valence-corrected chi connectivity index (χ4v) is 11.7. The van der Waals surface area contributed by atoms with Crippen LogP contribution in [0.4, 0.5) is 17.1 Å². The molecule has 296 valence electrons. The second kappa shape index (κ2) is 15.7. The number of hydrogen-bond donors (Lipinski definition) is 0. The normalized spacial score (nSPS) is 11.5. The molecule has 0 amide bonds. The monoisotopic (exact) mass is 837 g/mol. The van der Waals surface area contributed by atoms with Crippen molar-refractivity contribution in [1.29, 1.82) is 0 Å². The first kappa shape index (κ1) is 37.2. The molecule has 2 heterocycles. The second-order valence-electron chi connectivity index (χ2n) is 16.1. The average Bonchev–Trinajstić information content (AvgIpc) is 3.94. The van der Waals surface area contributed by atoms with Gasteiger partial charge in [0.05, 0.1) is 0 Å². The first-order chi connectivity index (χ1) is 31.2. The first-order valence-electron chi connectivity index (χ1n) is 21.4. The van der Waals surface area contributed by atoms with Crippen molar-refractivity contribution in [3.8, 4) is 55.6 Å². The van der Waals surface area contributed by atoms with Crippen molar-refractivity contribution >= 4 is 80.1 Å². The van der Waals surface area contributed by atoms with Crippen LogP contribution in [0.25, 0.3) is 96.0 Å². The second-order valence-corrected chi connectivity index (χ2v) is 18.2. The standard InChI is InChI=1S/C60H39NS2/c1-3-15-40(16-4-1)43-19-11-21-49(38-43)61(50-22-12-20-44(39-50)41-17-5-2-6-18-41)48-33-31-42(32-34-48)45-35-46(51-25-13-27-55-53-23-7-9-29-57(53)62-59(51)55)37-47(36-45)52-26-14-28-56-54-24-8-10-30-58(54)63-60(52)56/h1-39H. The predicted octanol–water partition coefficient (Wildman–Crippen LogP) is 18.2. The Morgan fingerprint density at radius 2 is 0.635 bits per heavy atom. The van der Waals surface area contributed by atoms with E-state index in [1.165, 1.54) is 96.0 Å². The lowest BCUT2D eigenvalue weighted by Crippen LogP contribution is -2.10. The summed E-state index contributed by atoms with van der Waals surface area (Å²) in [7, 11) is 0. The maximum absolute atomic E-state index is 2.41. The van der Waals surface area contributed by atoms with E-state index in [9.17, 15) is 0 Å². The highest BCUT2D eigenvalue weighted by Gasteiger charge is 2.18. The summed E-state index contributed by atoms with van der Waals surface area (Å²) < 4.78 is 5.27. The maximum Gasteiger partial charge on any atom is 0.0467 e. The van der Waals surface area contributed by atoms with Crippen LogP contribution in [-0.2, 0) is 0 Å². The molecule has 0 saturated heterocycles. The third kappa shape index (κ3) is 6.79. The molecular weight excluding hydrogens is 799 g/mol. The Morgan fingerprint density at radius 3 is 1.14 bits per heavy atom. The van der Waals surface area contributed by atoms with Crippen molar-refractivity contribution in [2.24, 2.45) is 0 Å². The highest BCUT2D eigenvalue weighted by atomic mass is 32.1. The number of rotatable bonds is 8. The Balaban J connectivity index is 1.02. The van der Waals surface area contributed by atoms with Crippen LogP contribution in [0.1, 0.15) is 0 Å². The van der Waals surface area contributed by atoms with Crippen LogP contribution in [-0.4, -0.2) is 0 Å². The highest BCUT2D eigenvalue weighted by Crippen LogP contribution is 2.46. The van der Waals surface area contributed by atoms with Gasteiger partial charge in [-0.25, -0.2) is 0 Å². The van der Waals surface area contributed by atoms with Gasteiger partial charge < -0.3 is 4.90 Å². The summed E-state index contributed by atoms with van der Waals surface area (Å²) >= 11 is 3.78. The van der Waals surface area contributed by atoms with Crippen molar-refractivity contribution in [3.63, 3.8) is 0 Å². The Bertz CT molecular complexity index is 3400. The third-order valence-electron chi connectivity index (χ3n) is 12.2. The van der Waals surface area contributed by atoms with Crippen LogP contribution in [0.2, 0.25) is 0 Å². The van der Waals surface area contributed by atoms with E-state index in [0.29, 0.717) is 0 Å². The maximum atomic E-state index is 2.41. The smallest absolute Gasteiger partial charge is 0.0467 e. The summed E-state index contributed by atoms with van der Waals surface area (Å²) in [5.74, 6) is 0. The average molecular weight is 838 g/mol. The van der Waals surface area contributed by atoms with E-state index in [-0.39, 0.29) is 0 Å². The molecule has 12 rings (SSSR count). The van der Waals surface area contributed by atoms with Crippen LogP contribution in [0, 0.1) is 0 Å². The summed E-state index contributed by atoms with van der Waals surface area (Å²) in [6.45, 7) is 0. The molecule has 0 radical (unpaired) electrons. The molecular formula is C60H39NS2. The lowest BCUT2D eigenvalue weighted by Gasteiger charge is -2.27. The zero-order chi connectivity index (χ0) is 41.7. The van der Waals surface area contributed by atoms with E-state index >= 15 is 0 Å². The van der Waals surface area contributed by atoms with E-state index in [1.807, 2.05) is 22.7 Å². The van der Waals surface area contributed by atoms with E-state index < -0.39 is 0 Å². The van der Waals surface area contributed by atoms with Crippen molar-refractivity contribution in [1.82, 2.24) is 0 Å². The van der Waals surface area contributed by atoms with Crippen molar-refractivity contribution in [2.45, 2.75) is 0 Å². The van der Waals surface area contributed by atoms with Crippen LogP contribution in [0.5, 0.6) is 0 Å². The molecule has 12 aromatic rings. The van der Waals surface area contributed by atoms with Crippen LogP contribution >= 0.6 is 22.7 Å². The Labute approximate surface area is 375 Å². The van der Waals surface area contributed by atoms with Crippen molar-refractivity contribution in [3.05, 3.63) is 237 Å². The summed E-state index contributed by atoms with van der Waals surface area (Å²) in [4.78, 5) is 2.38. The summed E-state index contributed by atoms with van der Waals surface area (Å²) in [5, 5.41) is 5.25. The number of hydrogen-bond acceptors (Lipinski definition) is 3. The molecule has 2 aromatic heterocycles. The van der Waals surface area contributed by atoms with Crippen LogP contribution < -0.4 is 4.90 Å². The summed E-state index contributed by atoms with van der Waals surface area (Å²) in [5.41, 5.74) is 15.4. The molecule has 0 bridgehead atoms. The molecule has 0 aliphatic carbocycles. The minimum atomic E-state index is 1.09. The van der Waals surface area contributed by atoms with Gasteiger partial charge in [0.15, 0.2) is 0 Å². The number of benzene rings is 10. The van der Waals surface area contributed by atoms with E-state index in [4.69, 9.17) is 0 Å². The lowest BCUT2D eigenvalue weighted by atomic mass is 9.92. The molecule has 0 fully saturated rings. The summed E-state index contributed by atoms with van der Waals surface area (Å²) in [6, 6.07) is 86.6. The Morgan fingerprint density at radius 1 is 0.238 bits per heavy atom. The third-order valence-corrected chi connectivity index (χ3v) is 14.7. The number of thiophene rings is 2. The molecule has 0 atom stereocenters. The van der Waals surface area contributed by atoms with E-state index in [0.717, 1.165) is 17.1 Å². The molecule has 0 N–H and O–H groups in total. The van der Waals surface area contributed by atoms with Gasteiger partial charge in [0, 0.05) is 57.4 Å². The predicted molar refractivity (Wildman–Crippen MR) is 274 cm³/mol. The molecule has 0 unspecified atom stereocenters. The van der Waals surface area contributed by atoms with Crippen molar-refractivity contribution < 1.29 is 0 Å². The van der Waals surface area contributed by atoms with Crippen LogP contribution in [0.15, 0.2) is 237 Å². The lowest BCUT2D eigenvalue weighted by molar-refractivity contribution is 1.28. The van der Waals surface area contributed by atoms with Gasteiger partial charge in [-0.3, -0.25) is 0 Å². The molecule has 0 spiro atoms. The summed E-state index contributed by atoms with van der Waals surface area (Å²) in [6.07, 6.45) is 0. The number of nitrogens with zero attached hydrogens (tertiary/aromatic N) is 1. The number of fused-ring (bicyclic) bond motifs is 6. The van der Waals surface area contributed by atoms with Gasteiger partial charge in [-0.15, -0.1) is 22.7 Å². The largest absolute Gasteiger partial charge is 0.310 e. The fourth-order valence-electron chi connectivity index (χ4n) is 9.21. The van der Waals surface area contributed by atoms with Crippen molar-refractivity contribution in [2.75, 3.05) is 4.90 Å². The van der Waals surface area contributed by atoms with Gasteiger partial charge in [-0.2, -0.15) is 0 Å². The Hall–Kier alpha value is -7.56. The topological polar surface area (TPSA) is 3.24 Å². The van der Waals surface area contributed by atoms with E-state index in [1.54, 1.807) is 0 Å². The molecule has 3 heteroatoms. The van der Waals surface area contributed by atoms with Gasteiger partial charge in [-0.1, -0.05) is 170 Å². The molecule has 1 nitrogen and oxygen atoms in total. The number of anilines is 3. The van der Waals surface area contributed by atoms with Gasteiger partial charge >= 0.3 is 0 Å². The molecule has 0 saturated carbocycles. The minimum Gasteiger partial charge on any atom is -0.310 e. The Kier molecular flexibility index (Phi) is 9.29. The van der Waals surface area contributed by atoms with Gasteiger partial charge in [0.2, 0.25) is 0 Å². The highest BCUT2D eigenvalue weighted by molar-refractivity contribution is 7.26. The van der Waals surface area contributed by atoms with E-state index in [2.05, 4.69) is 241 Å². The quantitative estimate of drug-likeness (QED) is 0.147. The molecule has 0 aliphatic heterocycles. The van der Waals surface area contributed by atoms with Crippen LogP contribution in [0.3, 0.4) is 0 Å². The molecule has 63 heavy (non-hydrogen) atoms. The fraction of sp³-hybridized carbons (Fsp3) is 0. The zero-order valence-corrected chi connectivity index (χ0v) is 35.9. The zero-order valence-electron chi connectivity index (χ0n) is 34.3. The molecule has 10 aromatic carbocycles.